The highest BCUT2D eigenvalue weighted by molar-refractivity contribution is 5.72. The molecule has 1 rings (SSSR count). The molecular formula is C26H37F5O4. The highest BCUT2D eigenvalue weighted by atomic mass is 19.2. The van der Waals surface area contributed by atoms with Gasteiger partial charge in [0.2, 0.25) is 34.8 Å². The third-order valence-corrected chi connectivity index (χ3v) is 5.66. The van der Waals surface area contributed by atoms with E-state index < -0.39 is 40.8 Å². The van der Waals surface area contributed by atoms with E-state index in [4.69, 9.17) is 4.74 Å². The summed E-state index contributed by atoms with van der Waals surface area (Å²) in [5, 5.41) is 0. The number of unbranched alkanes of at least 4 members (excludes halogenated alkanes) is 12. The maximum Gasteiger partial charge on any atom is 0.311 e. The molecule has 1 aromatic carbocycles. The fourth-order valence-electron chi connectivity index (χ4n) is 3.58. The molecule has 35 heavy (non-hydrogen) atoms. The van der Waals surface area contributed by atoms with Crippen LogP contribution >= 0.6 is 0 Å². The number of ether oxygens (including phenoxy) is 2. The normalized spacial score (nSPS) is 11.0. The lowest BCUT2D eigenvalue weighted by molar-refractivity contribution is -0.144. The van der Waals surface area contributed by atoms with E-state index >= 15 is 0 Å². The van der Waals surface area contributed by atoms with Crippen molar-refractivity contribution in [3.63, 3.8) is 0 Å². The molecule has 0 aromatic heterocycles. The van der Waals surface area contributed by atoms with Gasteiger partial charge in [0.15, 0.2) is 0 Å². The summed E-state index contributed by atoms with van der Waals surface area (Å²) in [6, 6.07) is 0. The minimum absolute atomic E-state index is 0.191. The van der Waals surface area contributed by atoms with E-state index in [0.29, 0.717) is 32.3 Å². The molecule has 0 fully saturated rings. The van der Waals surface area contributed by atoms with Crippen LogP contribution in [0, 0.1) is 29.1 Å². The molecule has 0 saturated heterocycles. The summed E-state index contributed by atoms with van der Waals surface area (Å²) in [6.07, 6.45) is 13.7. The molecule has 0 N–H and O–H groups in total. The van der Waals surface area contributed by atoms with Gasteiger partial charge in [-0.3, -0.25) is 9.59 Å². The number of hydrogen-bond donors (Lipinski definition) is 0. The Morgan fingerprint density at radius 3 is 1.46 bits per heavy atom. The van der Waals surface area contributed by atoms with E-state index in [9.17, 15) is 31.5 Å². The van der Waals surface area contributed by atoms with E-state index in [1.807, 2.05) is 0 Å². The molecule has 0 aliphatic carbocycles. The Hall–Kier alpha value is -2.19. The number of rotatable bonds is 19. The number of halogens is 5. The smallest absolute Gasteiger partial charge is 0.311 e. The van der Waals surface area contributed by atoms with Crippen LogP contribution in [0.25, 0.3) is 0 Å². The second-order valence-electron chi connectivity index (χ2n) is 8.69. The SMILES string of the molecule is CCCCCCCCCCOC(=O)CCCCCCCCC(=O)Oc1c(F)c(F)c(F)c(F)c1F. The Morgan fingerprint density at radius 2 is 0.943 bits per heavy atom. The molecule has 0 spiro atoms. The Labute approximate surface area is 204 Å². The molecular weight excluding hydrogens is 471 g/mol. The van der Waals surface area contributed by atoms with E-state index in [1.165, 1.54) is 38.5 Å². The Morgan fingerprint density at radius 1 is 0.543 bits per heavy atom. The molecule has 0 atom stereocenters. The van der Waals surface area contributed by atoms with Gasteiger partial charge in [0.25, 0.3) is 0 Å². The molecule has 0 radical (unpaired) electrons. The van der Waals surface area contributed by atoms with E-state index in [-0.39, 0.29) is 12.4 Å². The van der Waals surface area contributed by atoms with Crippen LogP contribution in [0.15, 0.2) is 0 Å². The van der Waals surface area contributed by atoms with Gasteiger partial charge in [0, 0.05) is 12.8 Å². The first-order valence-electron chi connectivity index (χ1n) is 12.7. The Bertz CT molecular complexity index is 756. The van der Waals surface area contributed by atoms with Gasteiger partial charge in [-0.25, -0.2) is 13.2 Å². The summed E-state index contributed by atoms with van der Waals surface area (Å²) in [6.45, 7) is 2.66. The molecule has 0 heterocycles. The minimum Gasteiger partial charge on any atom is -0.466 e. The predicted octanol–water partition coefficient (Wildman–Crippen LogP) is 8.09. The highest BCUT2D eigenvalue weighted by Crippen LogP contribution is 2.29. The summed E-state index contributed by atoms with van der Waals surface area (Å²) in [5.41, 5.74) is 0. The quantitative estimate of drug-likeness (QED) is 0.0473. The van der Waals surface area contributed by atoms with Gasteiger partial charge in [-0.05, 0) is 19.3 Å². The molecule has 0 amide bonds. The van der Waals surface area contributed by atoms with Gasteiger partial charge in [-0.1, -0.05) is 77.6 Å². The molecule has 0 unspecified atom stereocenters. The first-order valence-corrected chi connectivity index (χ1v) is 12.7. The van der Waals surface area contributed by atoms with Crippen molar-refractivity contribution in [3.05, 3.63) is 29.1 Å². The van der Waals surface area contributed by atoms with Gasteiger partial charge >= 0.3 is 11.9 Å². The van der Waals surface area contributed by atoms with Crippen molar-refractivity contribution in [1.82, 2.24) is 0 Å². The van der Waals surface area contributed by atoms with Crippen LogP contribution in [0.5, 0.6) is 5.75 Å². The molecule has 0 aliphatic heterocycles. The summed E-state index contributed by atoms with van der Waals surface area (Å²) in [7, 11) is 0. The average molecular weight is 509 g/mol. The van der Waals surface area contributed by atoms with Crippen molar-refractivity contribution in [2.45, 2.75) is 110 Å². The van der Waals surface area contributed by atoms with Crippen molar-refractivity contribution in [2.75, 3.05) is 6.61 Å². The lowest BCUT2D eigenvalue weighted by Crippen LogP contribution is -2.13. The van der Waals surface area contributed by atoms with Gasteiger partial charge in [0.1, 0.15) is 0 Å². The summed E-state index contributed by atoms with van der Waals surface area (Å²) < 4.78 is 75.9. The second kappa shape index (κ2) is 18.1. The second-order valence-corrected chi connectivity index (χ2v) is 8.69. The van der Waals surface area contributed by atoms with Crippen LogP contribution in [-0.2, 0) is 14.3 Å². The summed E-state index contributed by atoms with van der Waals surface area (Å²) in [5.74, 6) is -13.8. The van der Waals surface area contributed by atoms with E-state index in [0.717, 1.165) is 32.1 Å². The first kappa shape index (κ1) is 30.8. The van der Waals surface area contributed by atoms with Crippen LogP contribution in [0.2, 0.25) is 0 Å². The zero-order chi connectivity index (χ0) is 26.1. The average Bonchev–Trinajstić information content (AvgIpc) is 2.84. The van der Waals surface area contributed by atoms with Crippen molar-refractivity contribution < 1.29 is 41.0 Å². The standard InChI is InChI=1S/C26H37F5O4/c1-2-3-4-5-6-9-12-15-18-34-19(32)16-13-10-7-8-11-14-17-20(33)35-26-24(30)22(28)21(27)23(29)25(26)31/h2-18H2,1H3. The third-order valence-electron chi connectivity index (χ3n) is 5.66. The minimum atomic E-state index is -2.31. The predicted molar refractivity (Wildman–Crippen MR) is 122 cm³/mol. The topological polar surface area (TPSA) is 52.6 Å². The Balaban J connectivity index is 2.03. The zero-order valence-corrected chi connectivity index (χ0v) is 20.5. The van der Waals surface area contributed by atoms with E-state index in [1.54, 1.807) is 0 Å². The molecule has 1 aromatic rings. The number of benzene rings is 1. The van der Waals surface area contributed by atoms with Gasteiger partial charge < -0.3 is 9.47 Å². The van der Waals surface area contributed by atoms with Crippen LogP contribution in [0.1, 0.15) is 110 Å². The monoisotopic (exact) mass is 508 g/mol. The maximum atomic E-state index is 13.5. The molecule has 9 heteroatoms. The van der Waals surface area contributed by atoms with Crippen LogP contribution < -0.4 is 4.74 Å². The zero-order valence-electron chi connectivity index (χ0n) is 20.5. The third kappa shape index (κ3) is 12.4. The lowest BCUT2D eigenvalue weighted by atomic mass is 10.1. The van der Waals surface area contributed by atoms with Gasteiger partial charge in [-0.2, -0.15) is 8.78 Å². The number of carbonyl (C=O) groups excluding carboxylic acids is 2. The van der Waals surface area contributed by atoms with Crippen LogP contribution in [-0.4, -0.2) is 18.5 Å². The fraction of sp³-hybridized carbons (Fsp3) is 0.692. The van der Waals surface area contributed by atoms with Crippen molar-refractivity contribution in [2.24, 2.45) is 0 Å². The fourth-order valence-corrected chi connectivity index (χ4v) is 3.58. The first-order chi connectivity index (χ1) is 16.8. The molecule has 0 saturated carbocycles. The van der Waals surface area contributed by atoms with Gasteiger partial charge in [0.05, 0.1) is 6.61 Å². The maximum absolute atomic E-state index is 13.5. The molecule has 4 nitrogen and oxygen atoms in total. The van der Waals surface area contributed by atoms with Crippen LogP contribution in [0.4, 0.5) is 22.0 Å². The lowest BCUT2D eigenvalue weighted by Gasteiger charge is -2.08. The highest BCUT2D eigenvalue weighted by Gasteiger charge is 2.28. The largest absolute Gasteiger partial charge is 0.466 e. The molecule has 0 bridgehead atoms. The van der Waals surface area contributed by atoms with Crippen molar-refractivity contribution >= 4 is 11.9 Å². The number of esters is 2. The van der Waals surface area contributed by atoms with Crippen molar-refractivity contribution in [3.8, 4) is 5.75 Å². The molecule has 200 valence electrons. The van der Waals surface area contributed by atoms with Crippen LogP contribution in [0.3, 0.4) is 0 Å². The summed E-state index contributed by atoms with van der Waals surface area (Å²) in [4.78, 5) is 23.4. The van der Waals surface area contributed by atoms with Crippen molar-refractivity contribution in [1.29, 1.82) is 0 Å². The Kier molecular flexibility index (Phi) is 16.0. The summed E-state index contributed by atoms with van der Waals surface area (Å²) >= 11 is 0. The number of hydrogen-bond acceptors (Lipinski definition) is 4. The van der Waals surface area contributed by atoms with E-state index in [2.05, 4.69) is 11.7 Å². The molecule has 0 aliphatic rings. The number of carbonyl (C=O) groups is 2. The van der Waals surface area contributed by atoms with Gasteiger partial charge in [-0.15, -0.1) is 0 Å².